The predicted octanol–water partition coefficient (Wildman–Crippen LogP) is 3.40. The van der Waals surface area contributed by atoms with Crippen LogP contribution in [0.15, 0.2) is 47.5 Å². The average molecular weight is 486 g/mol. The molecule has 0 bridgehead atoms. The molecule has 0 spiro atoms. The van der Waals surface area contributed by atoms with E-state index in [9.17, 15) is 19.1 Å². The molecule has 2 aromatic heterocycles. The molecule has 1 aromatic carbocycles. The van der Waals surface area contributed by atoms with Crippen LogP contribution < -0.4 is 21.1 Å². The standard InChI is InChI=1S/C24H25ClFN5O3/c1-14(32)12-28-22(33)18-13-27-7-6-20(18)29-21-11-17(16-10-15(25)4-5-19(16)26)24(34)31-9-3-8-30(2)23(21)31/h4-7,10-11,13-14,32H,3,8-9,12H2,1-2H3,(H,27,29)(H,28,33). The maximum atomic E-state index is 14.7. The van der Waals surface area contributed by atoms with Crippen LogP contribution in [0, 0.1) is 5.82 Å². The van der Waals surface area contributed by atoms with Crippen molar-refractivity contribution in [2.75, 3.05) is 30.4 Å². The van der Waals surface area contributed by atoms with Crippen molar-refractivity contribution in [2.45, 2.75) is 26.0 Å². The van der Waals surface area contributed by atoms with Gasteiger partial charge in [-0.1, -0.05) is 11.6 Å². The maximum Gasteiger partial charge on any atom is 0.260 e. The number of carbonyl (C=O) groups is 1. The first-order chi connectivity index (χ1) is 16.3. The number of amides is 1. The quantitative estimate of drug-likeness (QED) is 0.495. The Kier molecular flexibility index (Phi) is 6.85. The molecular weight excluding hydrogens is 461 g/mol. The van der Waals surface area contributed by atoms with Crippen molar-refractivity contribution < 1.29 is 14.3 Å². The van der Waals surface area contributed by atoms with Gasteiger partial charge in [0.1, 0.15) is 11.6 Å². The SMILES string of the molecule is CC(O)CNC(=O)c1cnccc1Nc1cc(-c2cc(Cl)ccc2F)c(=O)n2c1N(C)CCC2. The summed E-state index contributed by atoms with van der Waals surface area (Å²) in [5.41, 5.74) is 1.20. The fourth-order valence-corrected chi connectivity index (χ4v) is 4.17. The molecule has 3 aromatic rings. The number of nitrogens with one attached hydrogen (secondary N) is 2. The number of rotatable bonds is 6. The monoisotopic (exact) mass is 485 g/mol. The summed E-state index contributed by atoms with van der Waals surface area (Å²) in [6.07, 6.45) is 3.01. The first-order valence-electron chi connectivity index (χ1n) is 10.9. The molecule has 4 rings (SSSR count). The molecule has 10 heteroatoms. The summed E-state index contributed by atoms with van der Waals surface area (Å²) < 4.78 is 16.3. The summed E-state index contributed by atoms with van der Waals surface area (Å²) in [5.74, 6) is -0.332. The van der Waals surface area contributed by atoms with Gasteiger partial charge in [0.15, 0.2) is 0 Å². The van der Waals surface area contributed by atoms with E-state index in [4.69, 9.17) is 11.6 Å². The van der Waals surface area contributed by atoms with Crippen molar-refractivity contribution in [3.8, 4) is 11.1 Å². The van der Waals surface area contributed by atoms with Crippen molar-refractivity contribution >= 4 is 34.7 Å². The smallest absolute Gasteiger partial charge is 0.260 e. The van der Waals surface area contributed by atoms with Gasteiger partial charge in [-0.05, 0) is 43.7 Å². The second-order valence-corrected chi connectivity index (χ2v) is 8.69. The number of nitrogens with zero attached hydrogens (tertiary/aromatic N) is 3. The van der Waals surface area contributed by atoms with E-state index in [0.717, 1.165) is 13.0 Å². The summed E-state index contributed by atoms with van der Waals surface area (Å²) in [6, 6.07) is 7.31. The van der Waals surface area contributed by atoms with Gasteiger partial charge in [0.25, 0.3) is 11.5 Å². The van der Waals surface area contributed by atoms with Crippen LogP contribution >= 0.6 is 11.6 Å². The number of fused-ring (bicyclic) bond motifs is 1. The molecule has 1 aliphatic heterocycles. The van der Waals surface area contributed by atoms with Gasteiger partial charge in [-0.25, -0.2) is 4.39 Å². The molecule has 1 unspecified atom stereocenters. The highest BCUT2D eigenvalue weighted by Crippen LogP contribution is 2.35. The lowest BCUT2D eigenvalue weighted by molar-refractivity contribution is 0.0924. The van der Waals surface area contributed by atoms with Crippen molar-refractivity contribution in [1.82, 2.24) is 14.9 Å². The molecule has 0 saturated carbocycles. The number of hydrogen-bond donors (Lipinski definition) is 3. The number of aromatic nitrogens is 2. The number of aliphatic hydroxyl groups excluding tert-OH is 1. The van der Waals surface area contributed by atoms with E-state index < -0.39 is 17.8 Å². The fraction of sp³-hybridized carbons (Fsp3) is 0.292. The van der Waals surface area contributed by atoms with Crippen LogP contribution in [-0.4, -0.2) is 46.8 Å². The zero-order valence-corrected chi connectivity index (χ0v) is 19.6. The van der Waals surface area contributed by atoms with Crippen LogP contribution in [0.4, 0.5) is 21.6 Å². The van der Waals surface area contributed by atoms with E-state index in [0.29, 0.717) is 28.8 Å². The summed E-state index contributed by atoms with van der Waals surface area (Å²) in [6.45, 7) is 2.87. The van der Waals surface area contributed by atoms with E-state index in [2.05, 4.69) is 15.6 Å². The number of aliphatic hydroxyl groups is 1. The van der Waals surface area contributed by atoms with Crippen LogP contribution in [-0.2, 0) is 6.54 Å². The van der Waals surface area contributed by atoms with Gasteiger partial charge in [-0.15, -0.1) is 0 Å². The first-order valence-corrected chi connectivity index (χ1v) is 11.3. The Morgan fingerprint density at radius 3 is 2.79 bits per heavy atom. The van der Waals surface area contributed by atoms with Gasteiger partial charge < -0.3 is 20.6 Å². The van der Waals surface area contributed by atoms with E-state index in [1.807, 2.05) is 11.9 Å². The van der Waals surface area contributed by atoms with Crippen molar-refractivity contribution in [1.29, 1.82) is 0 Å². The van der Waals surface area contributed by atoms with Crippen molar-refractivity contribution in [2.24, 2.45) is 0 Å². The van der Waals surface area contributed by atoms with Crippen LogP contribution in [0.25, 0.3) is 11.1 Å². The first kappa shape index (κ1) is 23.7. The normalized spacial score (nSPS) is 13.9. The summed E-state index contributed by atoms with van der Waals surface area (Å²) in [4.78, 5) is 32.0. The van der Waals surface area contributed by atoms with E-state index >= 15 is 0 Å². The molecule has 0 saturated heterocycles. The molecule has 3 N–H and O–H groups in total. The highest BCUT2D eigenvalue weighted by Gasteiger charge is 2.24. The molecular formula is C24H25ClFN5O3. The third-order valence-corrected chi connectivity index (χ3v) is 5.84. The Morgan fingerprint density at radius 1 is 1.24 bits per heavy atom. The van der Waals surface area contributed by atoms with Gasteiger partial charge in [-0.2, -0.15) is 0 Å². The summed E-state index contributed by atoms with van der Waals surface area (Å²) in [7, 11) is 1.87. The van der Waals surface area contributed by atoms with E-state index in [1.54, 1.807) is 23.6 Å². The van der Waals surface area contributed by atoms with Crippen molar-refractivity contribution in [3.63, 3.8) is 0 Å². The zero-order chi connectivity index (χ0) is 24.4. The lowest BCUT2D eigenvalue weighted by Crippen LogP contribution is -2.36. The van der Waals surface area contributed by atoms with Crippen molar-refractivity contribution in [3.05, 3.63) is 69.5 Å². The van der Waals surface area contributed by atoms with Crippen LogP contribution in [0.5, 0.6) is 0 Å². The number of anilines is 3. The molecule has 1 amide bonds. The largest absolute Gasteiger partial charge is 0.392 e. The van der Waals surface area contributed by atoms with Crippen LogP contribution in [0.2, 0.25) is 5.02 Å². The van der Waals surface area contributed by atoms with Crippen LogP contribution in [0.3, 0.4) is 0 Å². The average Bonchev–Trinajstić information content (AvgIpc) is 2.81. The van der Waals surface area contributed by atoms with Gasteiger partial charge in [0.05, 0.1) is 28.6 Å². The van der Waals surface area contributed by atoms with Gasteiger partial charge in [0.2, 0.25) is 0 Å². The topological polar surface area (TPSA) is 99.5 Å². The molecule has 0 radical (unpaired) electrons. The minimum Gasteiger partial charge on any atom is -0.392 e. The molecule has 3 heterocycles. The van der Waals surface area contributed by atoms with E-state index in [1.165, 1.54) is 30.6 Å². The number of pyridine rings is 2. The molecule has 1 atom stereocenters. The third-order valence-electron chi connectivity index (χ3n) is 5.61. The Labute approximate surface area is 201 Å². The Bertz CT molecular complexity index is 1290. The maximum absolute atomic E-state index is 14.7. The molecule has 1 aliphatic rings. The third kappa shape index (κ3) is 4.76. The highest BCUT2D eigenvalue weighted by atomic mass is 35.5. The number of benzene rings is 1. The lowest BCUT2D eigenvalue weighted by atomic mass is 10.0. The number of halogens is 2. The van der Waals surface area contributed by atoms with Gasteiger partial charge >= 0.3 is 0 Å². The van der Waals surface area contributed by atoms with Gasteiger partial charge in [-0.3, -0.25) is 19.1 Å². The molecule has 34 heavy (non-hydrogen) atoms. The summed E-state index contributed by atoms with van der Waals surface area (Å²) in [5, 5.41) is 15.7. The minimum absolute atomic E-state index is 0.0875. The zero-order valence-electron chi connectivity index (χ0n) is 18.8. The Morgan fingerprint density at radius 2 is 2.03 bits per heavy atom. The minimum atomic E-state index is -0.700. The van der Waals surface area contributed by atoms with Gasteiger partial charge in [0, 0.05) is 49.7 Å². The number of carbonyl (C=O) groups excluding carboxylic acids is 1. The Balaban J connectivity index is 1.84. The molecule has 0 aliphatic carbocycles. The molecule has 0 fully saturated rings. The second-order valence-electron chi connectivity index (χ2n) is 8.26. The van der Waals surface area contributed by atoms with Crippen LogP contribution in [0.1, 0.15) is 23.7 Å². The summed E-state index contributed by atoms with van der Waals surface area (Å²) >= 11 is 6.09. The molecule has 178 valence electrons. The van der Waals surface area contributed by atoms with E-state index in [-0.39, 0.29) is 28.8 Å². The highest BCUT2D eigenvalue weighted by molar-refractivity contribution is 6.30. The predicted molar refractivity (Wildman–Crippen MR) is 131 cm³/mol. The Hall–Kier alpha value is -3.43. The second kappa shape index (κ2) is 9.82. The number of hydrogen-bond acceptors (Lipinski definition) is 6. The lowest BCUT2D eigenvalue weighted by Gasteiger charge is -2.32. The molecule has 8 nitrogen and oxygen atoms in total. The fourth-order valence-electron chi connectivity index (χ4n) is 4.00.